The second-order valence-corrected chi connectivity index (χ2v) is 4.83. The topological polar surface area (TPSA) is 67.3 Å². The predicted molar refractivity (Wildman–Crippen MR) is 90.2 cm³/mol. The number of hydrogen-bond acceptors (Lipinski definition) is 5. The molecule has 1 heterocycles. The number of rotatable bonds is 7. The van der Waals surface area contributed by atoms with Crippen LogP contribution in [0.1, 0.15) is 31.1 Å². The number of carbonyl (C=O) groups is 1. The molecule has 1 aromatic heterocycles. The third-order valence-corrected chi connectivity index (χ3v) is 3.38. The summed E-state index contributed by atoms with van der Waals surface area (Å²) < 4.78 is 5.55. The first-order valence-corrected chi connectivity index (χ1v) is 7.79. The van der Waals surface area contributed by atoms with E-state index < -0.39 is 0 Å². The molecule has 2 rings (SSSR count). The summed E-state index contributed by atoms with van der Waals surface area (Å²) in [4.78, 5) is 22.4. The lowest BCUT2D eigenvalue weighted by Gasteiger charge is -2.18. The minimum atomic E-state index is -0.0590. The number of carbonyl (C=O) groups excluding carboxylic acids is 1. The summed E-state index contributed by atoms with van der Waals surface area (Å²) in [6.45, 7) is 7.73. The van der Waals surface area contributed by atoms with Gasteiger partial charge in [-0.15, -0.1) is 0 Å². The molecule has 0 atom stereocenters. The molecule has 0 fully saturated rings. The van der Waals surface area contributed by atoms with Crippen LogP contribution in [0.25, 0.3) is 0 Å². The fourth-order valence-corrected chi connectivity index (χ4v) is 2.17. The molecule has 0 aliphatic heterocycles. The van der Waals surface area contributed by atoms with Gasteiger partial charge in [-0.05, 0) is 32.9 Å². The Morgan fingerprint density at radius 3 is 2.39 bits per heavy atom. The van der Waals surface area contributed by atoms with Crippen molar-refractivity contribution in [3.8, 4) is 5.75 Å². The van der Waals surface area contributed by atoms with Gasteiger partial charge in [0.15, 0.2) is 0 Å². The van der Waals surface area contributed by atoms with Crippen molar-refractivity contribution < 1.29 is 9.53 Å². The van der Waals surface area contributed by atoms with Gasteiger partial charge in [0.25, 0.3) is 5.91 Å². The van der Waals surface area contributed by atoms with E-state index >= 15 is 0 Å². The van der Waals surface area contributed by atoms with Crippen LogP contribution < -0.4 is 10.1 Å². The molecule has 0 bridgehead atoms. The Morgan fingerprint density at radius 1 is 1.13 bits per heavy atom. The van der Waals surface area contributed by atoms with Crippen LogP contribution in [0, 0.1) is 0 Å². The number of amides is 1. The lowest BCUT2D eigenvalue weighted by Crippen LogP contribution is -2.30. The predicted octanol–water partition coefficient (Wildman–Crippen LogP) is 3.10. The molecule has 23 heavy (non-hydrogen) atoms. The number of aromatic nitrogens is 2. The van der Waals surface area contributed by atoms with E-state index in [1.165, 1.54) is 0 Å². The molecule has 0 aliphatic carbocycles. The Balaban J connectivity index is 2.13. The van der Waals surface area contributed by atoms with Gasteiger partial charge >= 0.3 is 0 Å². The average Bonchev–Trinajstić information content (AvgIpc) is 2.58. The van der Waals surface area contributed by atoms with E-state index in [1.807, 2.05) is 45.0 Å². The molecule has 0 aliphatic rings. The molecule has 0 spiro atoms. The fraction of sp³-hybridized carbons (Fsp3) is 0.353. The molecule has 1 amide bonds. The van der Waals surface area contributed by atoms with E-state index in [-0.39, 0.29) is 5.91 Å². The molecule has 0 saturated carbocycles. The summed E-state index contributed by atoms with van der Waals surface area (Å²) >= 11 is 0. The highest BCUT2D eigenvalue weighted by atomic mass is 16.5. The number of benzene rings is 1. The van der Waals surface area contributed by atoms with E-state index in [4.69, 9.17) is 4.74 Å². The zero-order chi connectivity index (χ0) is 16.7. The van der Waals surface area contributed by atoms with Crippen molar-refractivity contribution in [2.24, 2.45) is 0 Å². The van der Waals surface area contributed by atoms with Crippen LogP contribution in [0.15, 0.2) is 36.7 Å². The molecule has 6 heteroatoms. The van der Waals surface area contributed by atoms with Gasteiger partial charge in [-0.3, -0.25) is 4.79 Å². The lowest BCUT2D eigenvalue weighted by atomic mass is 10.3. The summed E-state index contributed by atoms with van der Waals surface area (Å²) in [6.07, 6.45) is 3.08. The minimum Gasteiger partial charge on any atom is -0.492 e. The molecule has 0 radical (unpaired) electrons. The van der Waals surface area contributed by atoms with Crippen LogP contribution in [0.5, 0.6) is 5.75 Å². The summed E-state index contributed by atoms with van der Waals surface area (Å²) in [7, 11) is 0. The van der Waals surface area contributed by atoms with E-state index in [2.05, 4.69) is 15.3 Å². The molecule has 122 valence electrons. The Bertz CT molecular complexity index is 639. The Labute approximate surface area is 136 Å². The zero-order valence-electron chi connectivity index (χ0n) is 13.7. The van der Waals surface area contributed by atoms with Crippen LogP contribution in [0.3, 0.4) is 0 Å². The highest BCUT2D eigenvalue weighted by Gasteiger charge is 2.13. The Hall–Kier alpha value is -2.63. The number of hydrogen-bond donors (Lipinski definition) is 1. The van der Waals surface area contributed by atoms with Gasteiger partial charge in [0, 0.05) is 25.5 Å². The number of nitrogens with zero attached hydrogens (tertiary/aromatic N) is 3. The van der Waals surface area contributed by atoms with Crippen molar-refractivity contribution in [1.82, 2.24) is 14.9 Å². The van der Waals surface area contributed by atoms with E-state index in [1.54, 1.807) is 17.3 Å². The average molecular weight is 314 g/mol. The van der Waals surface area contributed by atoms with E-state index in [0.717, 1.165) is 11.4 Å². The SMILES string of the molecule is CCOc1ccccc1Nc1ncc(C(=O)N(CC)CC)cn1. The number of para-hydroxylation sites is 2. The first-order chi connectivity index (χ1) is 11.2. The van der Waals surface area contributed by atoms with Gasteiger partial charge in [0.05, 0.1) is 17.9 Å². The maximum absolute atomic E-state index is 12.2. The highest BCUT2D eigenvalue weighted by molar-refractivity contribution is 5.93. The van der Waals surface area contributed by atoms with Crippen molar-refractivity contribution in [1.29, 1.82) is 0 Å². The summed E-state index contributed by atoms with van der Waals surface area (Å²) in [5.74, 6) is 1.10. The Kier molecular flexibility index (Phi) is 5.91. The van der Waals surface area contributed by atoms with Crippen molar-refractivity contribution in [3.05, 3.63) is 42.2 Å². The van der Waals surface area contributed by atoms with Crippen LogP contribution >= 0.6 is 0 Å². The molecule has 1 aromatic carbocycles. The van der Waals surface area contributed by atoms with E-state index in [9.17, 15) is 4.79 Å². The van der Waals surface area contributed by atoms with Crippen molar-refractivity contribution >= 4 is 17.5 Å². The third kappa shape index (κ3) is 4.18. The molecule has 1 N–H and O–H groups in total. The van der Waals surface area contributed by atoms with Crippen LogP contribution in [0.2, 0.25) is 0 Å². The van der Waals surface area contributed by atoms with Gasteiger partial charge in [-0.25, -0.2) is 9.97 Å². The highest BCUT2D eigenvalue weighted by Crippen LogP contribution is 2.25. The van der Waals surface area contributed by atoms with E-state index in [0.29, 0.717) is 31.2 Å². The second-order valence-electron chi connectivity index (χ2n) is 4.83. The third-order valence-electron chi connectivity index (χ3n) is 3.38. The van der Waals surface area contributed by atoms with Gasteiger partial charge < -0.3 is 15.0 Å². The van der Waals surface area contributed by atoms with Crippen LogP contribution in [0.4, 0.5) is 11.6 Å². The molecule has 6 nitrogen and oxygen atoms in total. The fourth-order valence-electron chi connectivity index (χ4n) is 2.17. The largest absolute Gasteiger partial charge is 0.492 e. The number of anilines is 2. The lowest BCUT2D eigenvalue weighted by molar-refractivity contribution is 0.0772. The standard InChI is InChI=1S/C17H22N4O2/c1-4-21(5-2)16(22)13-11-18-17(19-12-13)20-14-9-7-8-10-15(14)23-6-3/h7-12H,4-6H2,1-3H3,(H,18,19,20). The van der Waals surface area contributed by atoms with Crippen molar-refractivity contribution in [2.45, 2.75) is 20.8 Å². The zero-order valence-corrected chi connectivity index (χ0v) is 13.7. The normalized spacial score (nSPS) is 10.2. The van der Waals surface area contributed by atoms with Gasteiger partial charge in [-0.1, -0.05) is 12.1 Å². The molecule has 0 unspecified atom stereocenters. The van der Waals surface area contributed by atoms with Crippen LogP contribution in [-0.2, 0) is 0 Å². The summed E-state index contributed by atoms with van der Waals surface area (Å²) in [5.41, 5.74) is 1.27. The smallest absolute Gasteiger partial charge is 0.256 e. The second kappa shape index (κ2) is 8.12. The van der Waals surface area contributed by atoms with Gasteiger partial charge in [0.2, 0.25) is 5.95 Å². The molecular formula is C17H22N4O2. The molecular weight excluding hydrogens is 292 g/mol. The van der Waals surface area contributed by atoms with Crippen molar-refractivity contribution in [2.75, 3.05) is 25.0 Å². The van der Waals surface area contributed by atoms with Crippen molar-refractivity contribution in [3.63, 3.8) is 0 Å². The number of nitrogens with one attached hydrogen (secondary N) is 1. The first kappa shape index (κ1) is 16.7. The summed E-state index contributed by atoms with van der Waals surface area (Å²) in [5, 5.41) is 3.11. The first-order valence-electron chi connectivity index (χ1n) is 7.79. The minimum absolute atomic E-state index is 0.0590. The van der Waals surface area contributed by atoms with Gasteiger partial charge in [0.1, 0.15) is 5.75 Å². The quantitative estimate of drug-likeness (QED) is 0.850. The van der Waals surface area contributed by atoms with Crippen LogP contribution in [-0.4, -0.2) is 40.5 Å². The van der Waals surface area contributed by atoms with Gasteiger partial charge in [-0.2, -0.15) is 0 Å². The molecule has 2 aromatic rings. The Morgan fingerprint density at radius 2 is 1.78 bits per heavy atom. The monoisotopic (exact) mass is 314 g/mol. The molecule has 0 saturated heterocycles. The number of ether oxygens (including phenoxy) is 1. The maximum atomic E-state index is 12.2. The summed E-state index contributed by atoms with van der Waals surface area (Å²) in [6, 6.07) is 7.58. The maximum Gasteiger partial charge on any atom is 0.256 e.